The van der Waals surface area contributed by atoms with Crippen LogP contribution in [0.2, 0.25) is 0 Å². The highest BCUT2D eigenvalue weighted by Crippen LogP contribution is 2.30. The maximum Gasteiger partial charge on any atom is 0.417 e. The Hall–Kier alpha value is -4.48. The van der Waals surface area contributed by atoms with Crippen LogP contribution in [0, 0.1) is 5.92 Å². The summed E-state index contributed by atoms with van der Waals surface area (Å²) in [6.45, 7) is 1.22. The normalized spacial score (nSPS) is 14.3. The third-order valence-corrected chi connectivity index (χ3v) is 6.49. The Morgan fingerprint density at radius 1 is 0.949 bits per heavy atom. The highest BCUT2D eigenvalue weighted by atomic mass is 19.4. The smallest absolute Gasteiger partial charge is 0.417 e. The Bertz CT molecular complexity index is 1350. The molecule has 1 aliphatic heterocycles. The van der Waals surface area contributed by atoms with Gasteiger partial charge in [-0.2, -0.15) is 18.4 Å². The van der Waals surface area contributed by atoms with E-state index in [2.05, 4.69) is 49.9 Å². The van der Waals surface area contributed by atoms with Crippen molar-refractivity contribution in [3.8, 4) is 17.4 Å². The lowest BCUT2D eigenvalue weighted by Gasteiger charge is -2.31. The van der Waals surface area contributed by atoms with Crippen LogP contribution in [0.15, 0.2) is 66.9 Å². The van der Waals surface area contributed by atoms with Crippen LogP contribution >= 0.6 is 0 Å². The molecule has 0 saturated carbocycles. The molecule has 202 valence electrons. The molecular formula is C27H25F3N6O3. The first-order chi connectivity index (χ1) is 18.8. The number of nitrogens with one attached hydrogen (secondary N) is 1. The Balaban J connectivity index is 1.06. The van der Waals surface area contributed by atoms with Crippen LogP contribution in [0.1, 0.15) is 35.4 Å². The molecule has 1 saturated heterocycles. The molecule has 3 heterocycles. The van der Waals surface area contributed by atoms with Crippen LogP contribution in [0.25, 0.3) is 0 Å². The SMILES string of the molecule is O=C(Oc1ccc(Oc2ccc(C(F)(F)F)cn2)cc1)N1CCC(Cc2ccc(Cc3nn[nH]n3)cc2)CC1. The molecule has 4 aromatic rings. The topological polar surface area (TPSA) is 106 Å². The molecule has 12 heteroatoms. The number of alkyl halides is 3. The molecule has 0 atom stereocenters. The van der Waals surface area contributed by atoms with E-state index in [1.807, 2.05) is 0 Å². The first-order valence-corrected chi connectivity index (χ1v) is 12.4. The number of piperidine rings is 1. The van der Waals surface area contributed by atoms with Gasteiger partial charge >= 0.3 is 12.3 Å². The first-order valence-electron chi connectivity index (χ1n) is 12.4. The van der Waals surface area contributed by atoms with E-state index < -0.39 is 17.8 Å². The number of carbonyl (C=O) groups excluding carboxylic acids is 1. The molecule has 2 aromatic carbocycles. The third kappa shape index (κ3) is 7.09. The number of aromatic amines is 1. The second kappa shape index (κ2) is 11.5. The third-order valence-electron chi connectivity index (χ3n) is 6.49. The maximum atomic E-state index is 12.7. The summed E-state index contributed by atoms with van der Waals surface area (Å²) >= 11 is 0. The van der Waals surface area contributed by atoms with E-state index in [-0.39, 0.29) is 5.88 Å². The van der Waals surface area contributed by atoms with Crippen LogP contribution in [0.3, 0.4) is 0 Å². The number of halogens is 3. The predicted molar refractivity (Wildman–Crippen MR) is 133 cm³/mol. The second-order valence-electron chi connectivity index (χ2n) is 9.28. The van der Waals surface area contributed by atoms with Gasteiger partial charge in [0.25, 0.3) is 0 Å². The second-order valence-corrected chi connectivity index (χ2v) is 9.28. The quantitative estimate of drug-likeness (QED) is 0.334. The van der Waals surface area contributed by atoms with Crippen molar-refractivity contribution < 1.29 is 27.4 Å². The molecule has 0 bridgehead atoms. The van der Waals surface area contributed by atoms with Gasteiger partial charge in [0, 0.05) is 31.8 Å². The van der Waals surface area contributed by atoms with E-state index in [1.165, 1.54) is 5.56 Å². The van der Waals surface area contributed by atoms with Crippen molar-refractivity contribution in [2.24, 2.45) is 5.92 Å². The number of hydrogen-bond donors (Lipinski definition) is 1. The number of aromatic nitrogens is 5. The Morgan fingerprint density at radius 2 is 1.64 bits per heavy atom. The van der Waals surface area contributed by atoms with Gasteiger partial charge in [0.2, 0.25) is 5.88 Å². The number of benzene rings is 2. The Morgan fingerprint density at radius 3 is 2.26 bits per heavy atom. The number of ether oxygens (including phenoxy) is 2. The molecule has 1 N–H and O–H groups in total. The molecule has 1 amide bonds. The lowest BCUT2D eigenvalue weighted by atomic mass is 9.90. The fourth-order valence-corrected chi connectivity index (χ4v) is 4.36. The van der Waals surface area contributed by atoms with E-state index in [1.54, 1.807) is 29.2 Å². The summed E-state index contributed by atoms with van der Waals surface area (Å²) in [4.78, 5) is 18.0. The minimum absolute atomic E-state index is 0.0235. The van der Waals surface area contributed by atoms with Gasteiger partial charge in [-0.05, 0) is 66.6 Å². The van der Waals surface area contributed by atoms with Crippen molar-refractivity contribution in [1.29, 1.82) is 0 Å². The van der Waals surface area contributed by atoms with Crippen molar-refractivity contribution in [3.63, 3.8) is 0 Å². The molecular weight excluding hydrogens is 513 g/mol. The number of likely N-dealkylation sites (tertiary alicyclic amines) is 1. The number of amides is 1. The molecule has 1 aliphatic rings. The van der Waals surface area contributed by atoms with Crippen LogP contribution in [-0.4, -0.2) is 49.7 Å². The number of tetrazole rings is 1. The van der Waals surface area contributed by atoms with Crippen molar-refractivity contribution >= 4 is 6.09 Å². The molecule has 0 spiro atoms. The minimum atomic E-state index is -4.46. The summed E-state index contributed by atoms with van der Waals surface area (Å²) in [7, 11) is 0. The monoisotopic (exact) mass is 538 g/mol. The highest BCUT2D eigenvalue weighted by molar-refractivity contribution is 5.70. The number of H-pyrrole nitrogens is 1. The average molecular weight is 539 g/mol. The van der Waals surface area contributed by atoms with E-state index in [9.17, 15) is 18.0 Å². The lowest BCUT2D eigenvalue weighted by molar-refractivity contribution is -0.137. The molecule has 5 rings (SSSR count). The van der Waals surface area contributed by atoms with Crippen molar-refractivity contribution in [2.75, 3.05) is 13.1 Å². The van der Waals surface area contributed by atoms with Gasteiger partial charge in [0.05, 0.1) is 5.56 Å². The molecule has 1 fully saturated rings. The molecule has 0 unspecified atom stereocenters. The summed E-state index contributed by atoms with van der Waals surface area (Å²) in [5, 5.41) is 14.0. The van der Waals surface area contributed by atoms with Gasteiger partial charge in [0.1, 0.15) is 11.5 Å². The van der Waals surface area contributed by atoms with Crippen LogP contribution < -0.4 is 9.47 Å². The summed E-state index contributed by atoms with van der Waals surface area (Å²) in [6.07, 6.45) is -0.831. The van der Waals surface area contributed by atoms with Gasteiger partial charge in [-0.1, -0.05) is 29.5 Å². The number of pyridine rings is 1. The minimum Gasteiger partial charge on any atom is -0.439 e. The van der Waals surface area contributed by atoms with Gasteiger partial charge < -0.3 is 14.4 Å². The summed E-state index contributed by atoms with van der Waals surface area (Å²) in [5.74, 6) is 1.85. The van der Waals surface area contributed by atoms with E-state index >= 15 is 0 Å². The first kappa shape index (κ1) is 26.1. The van der Waals surface area contributed by atoms with E-state index in [4.69, 9.17) is 9.47 Å². The molecule has 0 radical (unpaired) electrons. The number of carbonyl (C=O) groups is 1. The molecule has 0 aliphatic carbocycles. The van der Waals surface area contributed by atoms with Crippen LogP contribution in [0.4, 0.5) is 18.0 Å². The predicted octanol–water partition coefficient (Wildman–Crippen LogP) is 5.45. The summed E-state index contributed by atoms with van der Waals surface area (Å²) in [6, 6.07) is 16.7. The Kier molecular flexibility index (Phi) is 7.71. The summed E-state index contributed by atoms with van der Waals surface area (Å²) < 4.78 is 49.0. The Labute approximate surface area is 222 Å². The largest absolute Gasteiger partial charge is 0.439 e. The standard InChI is InChI=1S/C27H25F3N6O3/c28-27(29,30)21-5-10-25(31-17-21)38-22-6-8-23(9-7-22)39-26(37)36-13-11-20(12-14-36)15-18-1-3-19(4-2-18)16-24-32-34-35-33-24/h1-10,17,20H,11-16H2,(H,32,33,34,35). The van der Waals surface area contributed by atoms with Crippen LogP contribution in [-0.2, 0) is 19.0 Å². The van der Waals surface area contributed by atoms with Crippen molar-refractivity contribution in [2.45, 2.75) is 31.9 Å². The molecule has 2 aromatic heterocycles. The fourth-order valence-electron chi connectivity index (χ4n) is 4.36. The zero-order valence-electron chi connectivity index (χ0n) is 20.8. The summed E-state index contributed by atoms with van der Waals surface area (Å²) in [5.41, 5.74) is 1.52. The van der Waals surface area contributed by atoms with Gasteiger partial charge in [-0.15, -0.1) is 10.2 Å². The number of nitrogens with zero attached hydrogens (tertiary/aromatic N) is 5. The van der Waals surface area contributed by atoms with Crippen LogP contribution in [0.5, 0.6) is 17.4 Å². The van der Waals surface area contributed by atoms with Gasteiger partial charge in [-0.25, -0.2) is 9.78 Å². The number of rotatable bonds is 7. The average Bonchev–Trinajstić information content (AvgIpc) is 3.44. The van der Waals surface area contributed by atoms with E-state index in [0.29, 0.717) is 48.9 Å². The van der Waals surface area contributed by atoms with Crippen molar-refractivity contribution in [3.05, 3.63) is 89.4 Å². The maximum absolute atomic E-state index is 12.7. The fraction of sp³-hybridized carbons (Fsp3) is 0.296. The lowest BCUT2D eigenvalue weighted by Crippen LogP contribution is -2.40. The zero-order valence-corrected chi connectivity index (χ0v) is 20.8. The van der Waals surface area contributed by atoms with Gasteiger partial charge in [-0.3, -0.25) is 0 Å². The van der Waals surface area contributed by atoms with Crippen molar-refractivity contribution in [1.82, 2.24) is 30.5 Å². The number of hydrogen-bond acceptors (Lipinski definition) is 7. The zero-order chi connectivity index (χ0) is 27.2. The van der Waals surface area contributed by atoms with Gasteiger partial charge in [0.15, 0.2) is 5.82 Å². The molecule has 9 nitrogen and oxygen atoms in total. The highest BCUT2D eigenvalue weighted by Gasteiger charge is 2.30. The van der Waals surface area contributed by atoms with E-state index in [0.717, 1.165) is 37.0 Å². The molecule has 39 heavy (non-hydrogen) atoms.